The van der Waals surface area contributed by atoms with Gasteiger partial charge in [-0.1, -0.05) is 42.5 Å². The average molecular weight is 364 g/mol. The lowest BCUT2D eigenvalue weighted by Gasteiger charge is -2.26. The number of halogens is 1. The third-order valence-corrected chi connectivity index (χ3v) is 4.94. The highest BCUT2D eigenvalue weighted by Gasteiger charge is 2.25. The maximum absolute atomic E-state index is 14.6. The number of para-hydroxylation sites is 1. The van der Waals surface area contributed by atoms with Crippen LogP contribution in [0.1, 0.15) is 16.1 Å². The number of ether oxygens (including phenoxy) is 1. The maximum Gasteiger partial charge on any atom is 0.255 e. The van der Waals surface area contributed by atoms with E-state index < -0.39 is 0 Å². The van der Waals surface area contributed by atoms with Crippen LogP contribution in [0.4, 0.5) is 4.39 Å². The van der Waals surface area contributed by atoms with Gasteiger partial charge in [0.15, 0.2) is 0 Å². The molecule has 0 aliphatic carbocycles. The van der Waals surface area contributed by atoms with Crippen molar-refractivity contribution in [2.75, 3.05) is 26.3 Å². The van der Waals surface area contributed by atoms with Crippen molar-refractivity contribution in [2.24, 2.45) is 0 Å². The smallest absolute Gasteiger partial charge is 0.255 e. The highest BCUT2D eigenvalue weighted by Crippen LogP contribution is 2.31. The molecule has 4 rings (SSSR count). The average Bonchev–Trinajstić information content (AvgIpc) is 3.06. The summed E-state index contributed by atoms with van der Waals surface area (Å²) in [5.74, 6) is -0.359. The van der Waals surface area contributed by atoms with Gasteiger partial charge in [-0.25, -0.2) is 4.39 Å². The van der Waals surface area contributed by atoms with Gasteiger partial charge >= 0.3 is 0 Å². The van der Waals surface area contributed by atoms with E-state index in [4.69, 9.17) is 4.74 Å². The fraction of sp³-hybridized carbons (Fsp3) is 0.227. The Balaban J connectivity index is 1.87. The van der Waals surface area contributed by atoms with Crippen molar-refractivity contribution in [2.45, 2.75) is 6.92 Å². The summed E-state index contributed by atoms with van der Waals surface area (Å²) >= 11 is 0. The molecule has 0 unspecified atom stereocenters. The van der Waals surface area contributed by atoms with Gasteiger partial charge in [0.25, 0.3) is 5.91 Å². The van der Waals surface area contributed by atoms with Gasteiger partial charge in [0, 0.05) is 18.8 Å². The van der Waals surface area contributed by atoms with Crippen LogP contribution in [-0.4, -0.2) is 41.7 Å². The Bertz CT molecular complexity index is 960. The minimum absolute atomic E-state index is 0.0388. The summed E-state index contributed by atoms with van der Waals surface area (Å²) < 4.78 is 21.8. The molecule has 2 aromatic carbocycles. The largest absolute Gasteiger partial charge is 0.378 e. The van der Waals surface area contributed by atoms with E-state index in [0.717, 1.165) is 17.0 Å². The Morgan fingerprint density at radius 3 is 2.37 bits per heavy atom. The first kappa shape index (κ1) is 17.5. The summed E-state index contributed by atoms with van der Waals surface area (Å²) in [6.45, 7) is 4.11. The number of carbonyl (C=O) groups is 1. The Morgan fingerprint density at radius 1 is 1.00 bits per heavy atom. The standard InChI is InChI=1S/C22H21FN2O2/c1-16-18(22(26)24-11-13-27-14-12-24)15-21(17-7-3-2-4-8-17)25(16)20-10-6-5-9-19(20)23/h2-10,15H,11-14H2,1H3. The highest BCUT2D eigenvalue weighted by atomic mass is 19.1. The lowest BCUT2D eigenvalue weighted by atomic mass is 10.1. The van der Waals surface area contributed by atoms with E-state index in [0.29, 0.717) is 37.6 Å². The van der Waals surface area contributed by atoms with E-state index >= 15 is 0 Å². The van der Waals surface area contributed by atoms with Gasteiger partial charge in [0.1, 0.15) is 5.82 Å². The van der Waals surface area contributed by atoms with Crippen molar-refractivity contribution in [3.63, 3.8) is 0 Å². The van der Waals surface area contributed by atoms with E-state index in [1.807, 2.05) is 47.9 Å². The summed E-state index contributed by atoms with van der Waals surface area (Å²) in [4.78, 5) is 14.9. The minimum Gasteiger partial charge on any atom is -0.378 e. The number of hydrogen-bond donors (Lipinski definition) is 0. The fourth-order valence-electron chi connectivity index (χ4n) is 3.52. The van der Waals surface area contributed by atoms with Gasteiger partial charge in [0.05, 0.1) is 30.2 Å². The lowest BCUT2D eigenvalue weighted by Crippen LogP contribution is -2.40. The molecule has 1 aromatic heterocycles. The Hall–Kier alpha value is -2.92. The number of carbonyl (C=O) groups excluding carboxylic acids is 1. The number of aromatic nitrogens is 1. The van der Waals surface area contributed by atoms with E-state index in [-0.39, 0.29) is 11.7 Å². The minimum atomic E-state index is -0.321. The van der Waals surface area contributed by atoms with Crippen LogP contribution in [0.2, 0.25) is 0 Å². The second-order valence-corrected chi connectivity index (χ2v) is 6.59. The molecule has 2 heterocycles. The summed E-state index contributed by atoms with van der Waals surface area (Å²) in [5.41, 5.74) is 3.50. The first-order chi connectivity index (χ1) is 13.2. The Labute approximate surface area is 157 Å². The molecule has 0 N–H and O–H groups in total. The first-order valence-corrected chi connectivity index (χ1v) is 9.06. The number of amides is 1. The summed E-state index contributed by atoms with van der Waals surface area (Å²) in [6.07, 6.45) is 0. The third kappa shape index (κ3) is 3.26. The van der Waals surface area contributed by atoms with Crippen molar-refractivity contribution in [3.8, 4) is 16.9 Å². The van der Waals surface area contributed by atoms with Gasteiger partial charge in [-0.15, -0.1) is 0 Å². The van der Waals surface area contributed by atoms with Crippen LogP contribution in [0.3, 0.4) is 0 Å². The van der Waals surface area contributed by atoms with Gasteiger partial charge < -0.3 is 14.2 Å². The number of benzene rings is 2. The molecule has 1 aliphatic rings. The lowest BCUT2D eigenvalue weighted by molar-refractivity contribution is 0.0302. The number of hydrogen-bond acceptors (Lipinski definition) is 2. The molecule has 27 heavy (non-hydrogen) atoms. The van der Waals surface area contributed by atoms with Crippen molar-refractivity contribution < 1.29 is 13.9 Å². The van der Waals surface area contributed by atoms with Gasteiger partial charge in [0.2, 0.25) is 0 Å². The van der Waals surface area contributed by atoms with Crippen LogP contribution in [0.25, 0.3) is 16.9 Å². The van der Waals surface area contributed by atoms with Crippen molar-refractivity contribution in [1.82, 2.24) is 9.47 Å². The zero-order chi connectivity index (χ0) is 18.8. The molecule has 3 aromatic rings. The molecule has 5 heteroatoms. The second kappa shape index (κ2) is 7.37. The quantitative estimate of drug-likeness (QED) is 0.702. The van der Waals surface area contributed by atoms with Crippen LogP contribution in [0.15, 0.2) is 60.7 Å². The Morgan fingerprint density at radius 2 is 1.67 bits per heavy atom. The zero-order valence-electron chi connectivity index (χ0n) is 15.2. The molecular weight excluding hydrogens is 343 g/mol. The van der Waals surface area contributed by atoms with Gasteiger partial charge in [-0.05, 0) is 30.7 Å². The van der Waals surface area contributed by atoms with Crippen molar-refractivity contribution >= 4 is 5.91 Å². The normalized spacial score (nSPS) is 14.4. The predicted molar refractivity (Wildman–Crippen MR) is 103 cm³/mol. The van der Waals surface area contributed by atoms with Crippen LogP contribution < -0.4 is 0 Å². The monoisotopic (exact) mass is 364 g/mol. The predicted octanol–water partition coefficient (Wildman–Crippen LogP) is 4.06. The fourth-order valence-corrected chi connectivity index (χ4v) is 3.52. The first-order valence-electron chi connectivity index (χ1n) is 9.06. The molecule has 4 nitrogen and oxygen atoms in total. The van der Waals surface area contributed by atoms with E-state index in [2.05, 4.69) is 0 Å². The molecule has 1 fully saturated rings. The molecule has 0 radical (unpaired) electrons. The maximum atomic E-state index is 14.6. The molecule has 138 valence electrons. The SMILES string of the molecule is Cc1c(C(=O)N2CCOCC2)cc(-c2ccccc2)n1-c1ccccc1F. The summed E-state index contributed by atoms with van der Waals surface area (Å²) in [6, 6.07) is 18.3. The van der Waals surface area contributed by atoms with Crippen molar-refractivity contribution in [1.29, 1.82) is 0 Å². The summed E-state index contributed by atoms with van der Waals surface area (Å²) in [5, 5.41) is 0. The molecule has 1 amide bonds. The Kier molecular flexibility index (Phi) is 4.77. The number of rotatable bonds is 3. The molecular formula is C22H21FN2O2. The number of nitrogens with zero attached hydrogens (tertiary/aromatic N) is 2. The van der Waals surface area contributed by atoms with E-state index in [1.165, 1.54) is 6.07 Å². The molecule has 0 spiro atoms. The van der Waals surface area contributed by atoms with Gasteiger partial charge in [-0.3, -0.25) is 4.79 Å². The number of morpholine rings is 1. The topological polar surface area (TPSA) is 34.5 Å². The van der Waals surface area contributed by atoms with Gasteiger partial charge in [-0.2, -0.15) is 0 Å². The van der Waals surface area contributed by atoms with Crippen LogP contribution in [0, 0.1) is 12.7 Å². The van der Waals surface area contributed by atoms with E-state index in [9.17, 15) is 9.18 Å². The van der Waals surface area contributed by atoms with Crippen LogP contribution >= 0.6 is 0 Å². The molecule has 0 saturated carbocycles. The molecule has 1 saturated heterocycles. The summed E-state index contributed by atoms with van der Waals surface area (Å²) in [7, 11) is 0. The highest BCUT2D eigenvalue weighted by molar-refractivity contribution is 5.97. The zero-order valence-corrected chi connectivity index (χ0v) is 15.2. The van der Waals surface area contributed by atoms with Crippen molar-refractivity contribution in [3.05, 3.63) is 77.7 Å². The molecule has 1 aliphatic heterocycles. The molecule has 0 bridgehead atoms. The van der Waals surface area contributed by atoms with E-state index in [1.54, 1.807) is 23.1 Å². The van der Waals surface area contributed by atoms with Crippen LogP contribution in [-0.2, 0) is 4.74 Å². The third-order valence-electron chi connectivity index (χ3n) is 4.94. The second-order valence-electron chi connectivity index (χ2n) is 6.59. The van der Waals surface area contributed by atoms with Crippen LogP contribution in [0.5, 0.6) is 0 Å². The molecule has 0 atom stereocenters.